The highest BCUT2D eigenvalue weighted by molar-refractivity contribution is 5.85. The fraction of sp³-hybridized carbons (Fsp3) is 0.364. The Hall–Kier alpha value is -2.37. The first-order valence-electron chi connectivity index (χ1n) is 9.50. The Balaban J connectivity index is 0.00000280. The summed E-state index contributed by atoms with van der Waals surface area (Å²) in [5.74, 6) is 0.584. The summed E-state index contributed by atoms with van der Waals surface area (Å²) in [5, 5.41) is 2.84. The highest BCUT2D eigenvalue weighted by atomic mass is 35.5. The van der Waals surface area contributed by atoms with Crippen LogP contribution in [0.25, 0.3) is 0 Å². The van der Waals surface area contributed by atoms with Gasteiger partial charge in [-0.15, -0.1) is 12.4 Å². The van der Waals surface area contributed by atoms with Crippen molar-refractivity contribution in [1.82, 2.24) is 10.2 Å². The highest BCUT2D eigenvalue weighted by Gasteiger charge is 2.34. The lowest BCUT2D eigenvalue weighted by Gasteiger charge is -2.17. The minimum Gasteiger partial charge on any atom is -0.355 e. The van der Waals surface area contributed by atoms with Crippen LogP contribution in [0.15, 0.2) is 60.7 Å². The fourth-order valence-electron chi connectivity index (χ4n) is 3.70. The molecule has 0 saturated carbocycles. The summed E-state index contributed by atoms with van der Waals surface area (Å²) in [6, 6.07) is 19.8. The minimum absolute atomic E-state index is 0. The Morgan fingerprint density at radius 2 is 1.64 bits per heavy atom. The molecule has 5 nitrogen and oxygen atoms in total. The van der Waals surface area contributed by atoms with Gasteiger partial charge in [0.1, 0.15) is 0 Å². The van der Waals surface area contributed by atoms with Crippen molar-refractivity contribution in [3.63, 3.8) is 0 Å². The number of carbonyl (C=O) groups excluding carboxylic acids is 2. The van der Waals surface area contributed by atoms with E-state index in [9.17, 15) is 9.59 Å². The first kappa shape index (κ1) is 21.9. The SMILES string of the molecule is Cl.NC[C@@H]1CN(C(=O)CCNC(=O)Cc2ccccc2)C[C@H]1c1ccccc1. The van der Waals surface area contributed by atoms with Crippen LogP contribution >= 0.6 is 12.4 Å². The van der Waals surface area contributed by atoms with E-state index in [1.807, 2.05) is 53.4 Å². The maximum atomic E-state index is 12.6. The number of nitrogens with one attached hydrogen (secondary N) is 1. The average molecular weight is 402 g/mol. The molecule has 150 valence electrons. The molecule has 0 spiro atoms. The average Bonchev–Trinajstić information content (AvgIpc) is 3.14. The summed E-state index contributed by atoms with van der Waals surface area (Å²) in [5.41, 5.74) is 8.15. The van der Waals surface area contributed by atoms with Gasteiger partial charge in [-0.05, 0) is 23.6 Å². The van der Waals surface area contributed by atoms with Crippen molar-refractivity contribution in [1.29, 1.82) is 0 Å². The van der Waals surface area contributed by atoms with Crippen LogP contribution in [0.2, 0.25) is 0 Å². The highest BCUT2D eigenvalue weighted by Crippen LogP contribution is 2.32. The number of benzene rings is 2. The quantitative estimate of drug-likeness (QED) is 0.747. The summed E-state index contributed by atoms with van der Waals surface area (Å²) in [6.45, 7) is 2.32. The summed E-state index contributed by atoms with van der Waals surface area (Å²) in [6.07, 6.45) is 0.656. The maximum Gasteiger partial charge on any atom is 0.224 e. The Kier molecular flexibility index (Phi) is 8.48. The van der Waals surface area contributed by atoms with E-state index in [1.54, 1.807) is 0 Å². The number of hydrogen-bond acceptors (Lipinski definition) is 3. The zero-order valence-corrected chi connectivity index (χ0v) is 16.7. The summed E-state index contributed by atoms with van der Waals surface area (Å²) >= 11 is 0. The van der Waals surface area contributed by atoms with Crippen molar-refractivity contribution in [3.05, 3.63) is 71.8 Å². The molecule has 2 atom stereocenters. The van der Waals surface area contributed by atoms with Gasteiger partial charge < -0.3 is 16.0 Å². The van der Waals surface area contributed by atoms with Gasteiger partial charge in [-0.1, -0.05) is 60.7 Å². The second-order valence-corrected chi connectivity index (χ2v) is 7.07. The first-order valence-corrected chi connectivity index (χ1v) is 9.50. The van der Waals surface area contributed by atoms with Crippen LogP contribution in [-0.4, -0.2) is 42.9 Å². The normalized spacial score (nSPS) is 18.4. The zero-order chi connectivity index (χ0) is 19.1. The number of likely N-dealkylation sites (tertiary alicyclic amines) is 1. The second kappa shape index (κ2) is 10.8. The van der Waals surface area contributed by atoms with Crippen LogP contribution in [0.5, 0.6) is 0 Å². The molecule has 0 aliphatic carbocycles. The van der Waals surface area contributed by atoms with E-state index in [0.717, 1.165) is 5.56 Å². The van der Waals surface area contributed by atoms with Gasteiger partial charge in [-0.25, -0.2) is 0 Å². The molecular weight excluding hydrogens is 374 g/mol. The number of hydrogen-bond donors (Lipinski definition) is 2. The molecule has 2 amide bonds. The third-order valence-electron chi connectivity index (χ3n) is 5.19. The molecule has 1 aliphatic rings. The molecule has 28 heavy (non-hydrogen) atoms. The molecule has 1 heterocycles. The lowest BCUT2D eigenvalue weighted by Crippen LogP contribution is -2.34. The van der Waals surface area contributed by atoms with E-state index in [-0.39, 0.29) is 36.1 Å². The van der Waals surface area contributed by atoms with Gasteiger partial charge in [-0.2, -0.15) is 0 Å². The lowest BCUT2D eigenvalue weighted by molar-refractivity contribution is -0.130. The van der Waals surface area contributed by atoms with Crippen molar-refractivity contribution < 1.29 is 9.59 Å². The third kappa shape index (κ3) is 5.81. The molecule has 3 N–H and O–H groups in total. The van der Waals surface area contributed by atoms with E-state index in [2.05, 4.69) is 17.4 Å². The van der Waals surface area contributed by atoms with Crippen molar-refractivity contribution in [2.75, 3.05) is 26.2 Å². The van der Waals surface area contributed by atoms with Crippen LogP contribution < -0.4 is 11.1 Å². The molecule has 3 rings (SSSR count). The van der Waals surface area contributed by atoms with Gasteiger partial charge in [-0.3, -0.25) is 9.59 Å². The number of nitrogens with zero attached hydrogens (tertiary/aromatic N) is 1. The Labute approximate surface area is 172 Å². The third-order valence-corrected chi connectivity index (χ3v) is 5.19. The summed E-state index contributed by atoms with van der Waals surface area (Å²) < 4.78 is 0. The molecule has 0 bridgehead atoms. The smallest absolute Gasteiger partial charge is 0.224 e. The molecule has 0 radical (unpaired) electrons. The topological polar surface area (TPSA) is 75.4 Å². The van der Waals surface area contributed by atoms with Crippen LogP contribution in [0.1, 0.15) is 23.5 Å². The number of carbonyl (C=O) groups is 2. The predicted molar refractivity (Wildman–Crippen MR) is 113 cm³/mol. The predicted octanol–water partition coefficient (Wildman–Crippen LogP) is 2.36. The van der Waals surface area contributed by atoms with Crippen LogP contribution in [0.4, 0.5) is 0 Å². The van der Waals surface area contributed by atoms with Crippen LogP contribution in [0.3, 0.4) is 0 Å². The summed E-state index contributed by atoms with van der Waals surface area (Å²) in [4.78, 5) is 26.4. The van der Waals surface area contributed by atoms with Gasteiger partial charge >= 0.3 is 0 Å². The van der Waals surface area contributed by atoms with E-state index < -0.39 is 0 Å². The van der Waals surface area contributed by atoms with Gasteiger partial charge in [0.05, 0.1) is 6.42 Å². The first-order chi connectivity index (χ1) is 13.2. The van der Waals surface area contributed by atoms with Gasteiger partial charge in [0, 0.05) is 32.0 Å². The standard InChI is InChI=1S/C22H27N3O2.ClH/c23-14-19-15-25(16-20(19)18-9-5-2-6-10-18)22(27)11-12-24-21(26)13-17-7-3-1-4-8-17;/h1-10,19-20H,11-16,23H2,(H,24,26);1H/t19-,20+;/m1./s1. The van der Waals surface area contributed by atoms with E-state index in [1.165, 1.54) is 5.56 Å². The summed E-state index contributed by atoms with van der Waals surface area (Å²) in [7, 11) is 0. The second-order valence-electron chi connectivity index (χ2n) is 7.07. The molecule has 0 unspecified atom stereocenters. The van der Waals surface area contributed by atoms with E-state index in [4.69, 9.17) is 5.73 Å². The number of amides is 2. The molecule has 1 fully saturated rings. The molecule has 1 aliphatic heterocycles. The van der Waals surface area contributed by atoms with Gasteiger partial charge in [0.2, 0.25) is 11.8 Å². The Morgan fingerprint density at radius 3 is 2.29 bits per heavy atom. The van der Waals surface area contributed by atoms with Crippen molar-refractivity contribution in [2.24, 2.45) is 11.7 Å². The lowest BCUT2D eigenvalue weighted by atomic mass is 9.89. The zero-order valence-electron chi connectivity index (χ0n) is 15.9. The molecule has 1 saturated heterocycles. The molecular formula is C22H28ClN3O2. The minimum atomic E-state index is -0.0579. The Bertz CT molecular complexity index is 755. The van der Waals surface area contributed by atoms with Crippen LogP contribution in [0, 0.1) is 5.92 Å². The maximum absolute atomic E-state index is 12.6. The van der Waals surface area contributed by atoms with Crippen molar-refractivity contribution in [2.45, 2.75) is 18.8 Å². The van der Waals surface area contributed by atoms with E-state index in [0.29, 0.717) is 39.0 Å². The largest absolute Gasteiger partial charge is 0.355 e. The van der Waals surface area contributed by atoms with Gasteiger partial charge in [0.15, 0.2) is 0 Å². The van der Waals surface area contributed by atoms with Crippen molar-refractivity contribution in [3.8, 4) is 0 Å². The molecule has 2 aromatic carbocycles. The molecule has 2 aromatic rings. The number of halogens is 1. The fourth-order valence-corrected chi connectivity index (χ4v) is 3.70. The molecule has 0 aromatic heterocycles. The van der Waals surface area contributed by atoms with Crippen molar-refractivity contribution >= 4 is 24.2 Å². The number of rotatable bonds is 7. The van der Waals surface area contributed by atoms with E-state index >= 15 is 0 Å². The monoisotopic (exact) mass is 401 g/mol. The molecule has 6 heteroatoms. The van der Waals surface area contributed by atoms with Gasteiger partial charge in [0.25, 0.3) is 0 Å². The number of nitrogens with two attached hydrogens (primary N) is 1. The Morgan fingerprint density at radius 1 is 1.00 bits per heavy atom. The van der Waals surface area contributed by atoms with Crippen LogP contribution in [-0.2, 0) is 16.0 Å².